The number of carbonyl (C=O) groups is 1. The molecular weight excluding hydrogens is 254 g/mol. The first-order valence-corrected chi connectivity index (χ1v) is 4.36. The molecule has 0 saturated carbocycles. The molecule has 0 aliphatic rings. The molecule has 16 heavy (non-hydrogen) atoms. The summed E-state index contributed by atoms with van der Waals surface area (Å²) in [5.41, 5.74) is -1.22. The molecule has 0 fully saturated rings. The Morgan fingerprint density at radius 3 is 2.56 bits per heavy atom. The van der Waals surface area contributed by atoms with Gasteiger partial charge in [0.05, 0.1) is 12.1 Å². The van der Waals surface area contributed by atoms with Crippen LogP contribution in [0.15, 0.2) is 6.20 Å². The zero-order valence-electron chi connectivity index (χ0n) is 7.52. The van der Waals surface area contributed by atoms with E-state index < -0.39 is 35.1 Å². The van der Waals surface area contributed by atoms with Crippen LogP contribution in [0.5, 0.6) is 5.75 Å². The normalized spacial score (nSPS) is 11.3. The first-order chi connectivity index (χ1) is 7.39. The standard InChI is InChI=1S/C8H4ClF4NO2/c9-1-4-5(10)2-14-6(3-15)7(4)16-8(11,12)13/h2-3H,1H2. The number of ether oxygens (including phenoxy) is 1. The van der Waals surface area contributed by atoms with Crippen LogP contribution in [0.2, 0.25) is 0 Å². The van der Waals surface area contributed by atoms with E-state index >= 15 is 0 Å². The quantitative estimate of drug-likeness (QED) is 0.475. The van der Waals surface area contributed by atoms with Crippen molar-refractivity contribution < 1.29 is 27.1 Å². The van der Waals surface area contributed by atoms with E-state index in [9.17, 15) is 22.4 Å². The summed E-state index contributed by atoms with van der Waals surface area (Å²) in [6.07, 6.45) is -4.42. The zero-order valence-corrected chi connectivity index (χ0v) is 8.27. The van der Waals surface area contributed by atoms with Crippen LogP contribution in [0.4, 0.5) is 17.6 Å². The average Bonchev–Trinajstić information content (AvgIpc) is 2.16. The Morgan fingerprint density at radius 2 is 2.12 bits per heavy atom. The molecular formula is C8H4ClF4NO2. The van der Waals surface area contributed by atoms with Crippen molar-refractivity contribution in [2.75, 3.05) is 0 Å². The van der Waals surface area contributed by atoms with E-state index in [1.807, 2.05) is 0 Å². The van der Waals surface area contributed by atoms with Gasteiger partial charge in [-0.05, 0) is 0 Å². The van der Waals surface area contributed by atoms with Gasteiger partial charge in [-0.1, -0.05) is 0 Å². The molecule has 0 bridgehead atoms. The molecule has 0 amide bonds. The van der Waals surface area contributed by atoms with Gasteiger partial charge in [-0.25, -0.2) is 9.37 Å². The van der Waals surface area contributed by atoms with Crippen LogP contribution in [-0.2, 0) is 5.88 Å². The minimum Gasteiger partial charge on any atom is -0.403 e. The van der Waals surface area contributed by atoms with Crippen molar-refractivity contribution in [2.45, 2.75) is 12.2 Å². The summed E-state index contributed by atoms with van der Waals surface area (Å²) in [5, 5.41) is 0. The van der Waals surface area contributed by atoms with Crippen molar-refractivity contribution in [3.8, 4) is 5.75 Å². The predicted molar refractivity (Wildman–Crippen MR) is 45.8 cm³/mol. The summed E-state index contributed by atoms with van der Waals surface area (Å²) in [6, 6.07) is 0. The topological polar surface area (TPSA) is 39.2 Å². The number of aldehydes is 1. The van der Waals surface area contributed by atoms with Crippen LogP contribution in [0.25, 0.3) is 0 Å². The number of rotatable bonds is 3. The highest BCUT2D eigenvalue weighted by Crippen LogP contribution is 2.30. The van der Waals surface area contributed by atoms with Crippen molar-refractivity contribution in [1.29, 1.82) is 0 Å². The lowest BCUT2D eigenvalue weighted by atomic mass is 10.2. The maximum atomic E-state index is 13.0. The largest absolute Gasteiger partial charge is 0.573 e. The maximum absolute atomic E-state index is 13.0. The number of aromatic nitrogens is 1. The minimum atomic E-state index is -5.05. The van der Waals surface area contributed by atoms with Gasteiger partial charge in [0.25, 0.3) is 0 Å². The number of alkyl halides is 4. The van der Waals surface area contributed by atoms with Gasteiger partial charge in [0.2, 0.25) is 0 Å². The summed E-state index contributed by atoms with van der Waals surface area (Å²) >= 11 is 5.26. The third kappa shape index (κ3) is 2.82. The van der Waals surface area contributed by atoms with Gasteiger partial charge in [0.1, 0.15) is 11.5 Å². The van der Waals surface area contributed by atoms with Gasteiger partial charge in [0.15, 0.2) is 12.0 Å². The van der Waals surface area contributed by atoms with E-state index in [1.54, 1.807) is 0 Å². The van der Waals surface area contributed by atoms with Crippen LogP contribution in [-0.4, -0.2) is 17.6 Å². The first kappa shape index (κ1) is 12.7. The van der Waals surface area contributed by atoms with Gasteiger partial charge in [-0.2, -0.15) is 0 Å². The van der Waals surface area contributed by atoms with Crippen molar-refractivity contribution in [1.82, 2.24) is 4.98 Å². The van der Waals surface area contributed by atoms with Gasteiger partial charge in [-0.3, -0.25) is 4.79 Å². The summed E-state index contributed by atoms with van der Waals surface area (Å²) in [5.74, 6) is -2.64. The Labute approximate surface area is 92.0 Å². The van der Waals surface area contributed by atoms with Gasteiger partial charge < -0.3 is 4.74 Å². The number of pyridine rings is 1. The predicted octanol–water partition coefficient (Wildman–Crippen LogP) is 2.67. The third-order valence-corrected chi connectivity index (χ3v) is 1.84. The van der Waals surface area contributed by atoms with Crippen LogP contribution in [0.3, 0.4) is 0 Å². The number of hydrogen-bond donors (Lipinski definition) is 0. The highest BCUT2D eigenvalue weighted by atomic mass is 35.5. The molecule has 1 heterocycles. The molecule has 8 heteroatoms. The van der Waals surface area contributed by atoms with E-state index in [1.165, 1.54) is 0 Å². The average molecular weight is 258 g/mol. The fourth-order valence-electron chi connectivity index (χ4n) is 0.964. The molecule has 1 aromatic heterocycles. The van der Waals surface area contributed by atoms with E-state index in [4.69, 9.17) is 11.6 Å². The van der Waals surface area contributed by atoms with E-state index in [-0.39, 0.29) is 6.29 Å². The Balaban J connectivity index is 3.31. The molecule has 0 radical (unpaired) electrons. The van der Waals surface area contributed by atoms with Crippen molar-refractivity contribution >= 4 is 17.9 Å². The minimum absolute atomic E-state index is 0.0244. The Hall–Kier alpha value is -1.37. The molecule has 1 aromatic rings. The molecule has 0 saturated heterocycles. The Kier molecular flexibility index (Phi) is 3.69. The number of halogens is 5. The maximum Gasteiger partial charge on any atom is 0.573 e. The van der Waals surface area contributed by atoms with E-state index in [2.05, 4.69) is 9.72 Å². The van der Waals surface area contributed by atoms with Crippen molar-refractivity contribution in [2.24, 2.45) is 0 Å². The highest BCUT2D eigenvalue weighted by Gasteiger charge is 2.34. The molecule has 0 spiro atoms. The molecule has 1 rings (SSSR count). The smallest absolute Gasteiger partial charge is 0.403 e. The molecule has 88 valence electrons. The molecule has 0 aliphatic heterocycles. The van der Waals surface area contributed by atoms with Crippen LogP contribution < -0.4 is 4.74 Å². The Morgan fingerprint density at radius 1 is 1.50 bits per heavy atom. The van der Waals surface area contributed by atoms with E-state index in [0.717, 1.165) is 0 Å². The van der Waals surface area contributed by atoms with Crippen molar-refractivity contribution in [3.05, 3.63) is 23.3 Å². The lowest BCUT2D eigenvalue weighted by Crippen LogP contribution is -2.20. The first-order valence-electron chi connectivity index (χ1n) is 3.83. The SMILES string of the molecule is O=Cc1ncc(F)c(CCl)c1OC(F)(F)F. The lowest BCUT2D eigenvalue weighted by Gasteiger charge is -2.13. The monoisotopic (exact) mass is 257 g/mol. The highest BCUT2D eigenvalue weighted by molar-refractivity contribution is 6.17. The molecule has 0 aromatic carbocycles. The second-order valence-corrected chi connectivity index (χ2v) is 2.87. The van der Waals surface area contributed by atoms with Gasteiger partial charge >= 0.3 is 6.36 Å². The number of nitrogens with zero attached hydrogens (tertiary/aromatic N) is 1. The van der Waals surface area contributed by atoms with Crippen LogP contribution in [0, 0.1) is 5.82 Å². The van der Waals surface area contributed by atoms with Crippen LogP contribution >= 0.6 is 11.6 Å². The zero-order chi connectivity index (χ0) is 12.3. The molecule has 3 nitrogen and oxygen atoms in total. The second-order valence-electron chi connectivity index (χ2n) is 2.60. The third-order valence-electron chi connectivity index (χ3n) is 1.58. The second kappa shape index (κ2) is 4.65. The number of hydrogen-bond acceptors (Lipinski definition) is 3. The summed E-state index contributed by atoms with van der Waals surface area (Å²) in [4.78, 5) is 13.6. The van der Waals surface area contributed by atoms with Gasteiger partial charge in [0, 0.05) is 5.56 Å². The summed E-state index contributed by atoms with van der Waals surface area (Å²) < 4.78 is 52.5. The Bertz CT molecular complexity index is 408. The molecule has 0 aliphatic carbocycles. The number of carbonyl (C=O) groups excluding carboxylic acids is 1. The molecule has 0 atom stereocenters. The molecule has 0 unspecified atom stereocenters. The van der Waals surface area contributed by atoms with Crippen molar-refractivity contribution in [3.63, 3.8) is 0 Å². The molecule has 0 N–H and O–H groups in total. The summed E-state index contributed by atoms with van der Waals surface area (Å²) in [7, 11) is 0. The summed E-state index contributed by atoms with van der Waals surface area (Å²) in [6.45, 7) is 0. The van der Waals surface area contributed by atoms with Gasteiger partial charge in [-0.15, -0.1) is 24.8 Å². The van der Waals surface area contributed by atoms with Crippen LogP contribution in [0.1, 0.15) is 16.1 Å². The van der Waals surface area contributed by atoms with E-state index in [0.29, 0.717) is 6.20 Å². The lowest BCUT2D eigenvalue weighted by molar-refractivity contribution is -0.275. The fraction of sp³-hybridized carbons (Fsp3) is 0.250. The fourth-order valence-corrected chi connectivity index (χ4v) is 1.21.